The van der Waals surface area contributed by atoms with E-state index in [4.69, 9.17) is 5.73 Å². The molecule has 0 amide bonds. The summed E-state index contributed by atoms with van der Waals surface area (Å²) in [6, 6.07) is 5.06. The van der Waals surface area contributed by atoms with Crippen molar-refractivity contribution in [2.24, 2.45) is 5.73 Å². The van der Waals surface area contributed by atoms with E-state index < -0.39 is 0 Å². The Balaban J connectivity index is 2.13. The van der Waals surface area contributed by atoms with Gasteiger partial charge in [-0.2, -0.15) is 0 Å². The van der Waals surface area contributed by atoms with Gasteiger partial charge in [0.2, 0.25) is 0 Å². The molecular weight excluding hydrogens is 203 g/mol. The van der Waals surface area contributed by atoms with Gasteiger partial charge in [-0.05, 0) is 56.1 Å². The predicted octanol–water partition coefficient (Wildman–Crippen LogP) is 2.44. The molecule has 1 unspecified atom stereocenters. The van der Waals surface area contributed by atoms with Gasteiger partial charge in [0.25, 0.3) is 0 Å². The van der Waals surface area contributed by atoms with Crippen molar-refractivity contribution in [3.63, 3.8) is 0 Å². The smallest absolute Gasteiger partial charge is 0.123 e. The molecule has 2 N–H and O–H groups in total. The minimum absolute atomic E-state index is 0.104. The van der Waals surface area contributed by atoms with Crippen molar-refractivity contribution in [1.82, 2.24) is 4.90 Å². The van der Waals surface area contributed by atoms with Gasteiger partial charge in [0.15, 0.2) is 0 Å². The lowest BCUT2D eigenvalue weighted by molar-refractivity contribution is 0.330. The zero-order valence-corrected chi connectivity index (χ0v) is 9.75. The fourth-order valence-corrected chi connectivity index (χ4v) is 2.23. The third-order valence-corrected chi connectivity index (χ3v) is 3.11. The molecule has 0 radical (unpaired) electrons. The normalized spacial score (nSPS) is 18.9. The minimum atomic E-state index is -0.177. The molecule has 1 fully saturated rings. The van der Waals surface area contributed by atoms with E-state index >= 15 is 0 Å². The highest BCUT2D eigenvalue weighted by Crippen LogP contribution is 2.18. The van der Waals surface area contributed by atoms with Crippen molar-refractivity contribution in [1.29, 1.82) is 0 Å². The molecule has 1 saturated heterocycles. The second-order valence-electron chi connectivity index (χ2n) is 4.66. The van der Waals surface area contributed by atoms with Crippen LogP contribution < -0.4 is 5.73 Å². The lowest BCUT2D eigenvalue weighted by Crippen LogP contribution is -2.18. The van der Waals surface area contributed by atoms with Crippen LogP contribution in [0.4, 0.5) is 4.39 Å². The summed E-state index contributed by atoms with van der Waals surface area (Å²) in [7, 11) is 0. The van der Waals surface area contributed by atoms with Gasteiger partial charge in [0.1, 0.15) is 5.82 Å². The van der Waals surface area contributed by atoms with Crippen molar-refractivity contribution < 1.29 is 4.39 Å². The monoisotopic (exact) mass is 222 g/mol. The van der Waals surface area contributed by atoms with Crippen LogP contribution in [0.15, 0.2) is 18.2 Å². The van der Waals surface area contributed by atoms with Crippen molar-refractivity contribution in [2.45, 2.75) is 32.4 Å². The van der Waals surface area contributed by atoms with Crippen LogP contribution in [0.5, 0.6) is 0 Å². The Morgan fingerprint density at radius 2 is 2.00 bits per heavy atom. The fourth-order valence-electron chi connectivity index (χ4n) is 2.23. The van der Waals surface area contributed by atoms with Crippen LogP contribution >= 0.6 is 0 Å². The van der Waals surface area contributed by atoms with Crippen molar-refractivity contribution in [2.75, 3.05) is 13.1 Å². The standard InChI is InChI=1S/C13H19FN2/c1-10(15)12-6-11(7-13(14)8-12)9-16-4-2-3-5-16/h6-8,10H,2-5,9,15H2,1H3. The number of rotatable bonds is 3. The first-order valence-electron chi connectivity index (χ1n) is 5.92. The van der Waals surface area contributed by atoms with Crippen LogP contribution in [-0.2, 0) is 6.54 Å². The number of hydrogen-bond donors (Lipinski definition) is 1. The summed E-state index contributed by atoms with van der Waals surface area (Å²) in [5.74, 6) is -0.177. The summed E-state index contributed by atoms with van der Waals surface area (Å²) in [4.78, 5) is 2.36. The summed E-state index contributed by atoms with van der Waals surface area (Å²) < 4.78 is 13.4. The third-order valence-electron chi connectivity index (χ3n) is 3.11. The number of likely N-dealkylation sites (tertiary alicyclic amines) is 1. The largest absolute Gasteiger partial charge is 0.324 e. The molecule has 88 valence electrons. The summed E-state index contributed by atoms with van der Waals surface area (Å²) >= 11 is 0. The second-order valence-corrected chi connectivity index (χ2v) is 4.66. The molecule has 0 aliphatic carbocycles. The van der Waals surface area contributed by atoms with Crippen LogP contribution in [0.2, 0.25) is 0 Å². The average molecular weight is 222 g/mol. The summed E-state index contributed by atoms with van der Waals surface area (Å²) in [6.07, 6.45) is 2.52. The predicted molar refractivity (Wildman–Crippen MR) is 63.5 cm³/mol. The van der Waals surface area contributed by atoms with Crippen molar-refractivity contribution in [3.05, 3.63) is 35.1 Å². The molecule has 0 aromatic heterocycles. The van der Waals surface area contributed by atoms with Crippen molar-refractivity contribution >= 4 is 0 Å². The van der Waals surface area contributed by atoms with Gasteiger partial charge in [0, 0.05) is 12.6 Å². The van der Waals surface area contributed by atoms with E-state index in [-0.39, 0.29) is 11.9 Å². The Bertz CT molecular complexity index is 357. The molecule has 1 atom stereocenters. The molecule has 0 spiro atoms. The van der Waals surface area contributed by atoms with Crippen LogP contribution in [0, 0.1) is 5.82 Å². The Hall–Kier alpha value is -0.930. The molecule has 3 heteroatoms. The number of halogens is 1. The van der Waals surface area contributed by atoms with E-state index in [1.165, 1.54) is 18.9 Å². The van der Waals surface area contributed by atoms with Crippen LogP contribution in [0.1, 0.15) is 36.9 Å². The van der Waals surface area contributed by atoms with E-state index in [0.717, 1.165) is 30.8 Å². The first-order valence-corrected chi connectivity index (χ1v) is 5.92. The average Bonchev–Trinajstić information content (AvgIpc) is 2.69. The topological polar surface area (TPSA) is 29.3 Å². The lowest BCUT2D eigenvalue weighted by atomic mass is 10.1. The maximum Gasteiger partial charge on any atom is 0.123 e. The zero-order valence-electron chi connectivity index (χ0n) is 9.75. The van der Waals surface area contributed by atoms with E-state index in [2.05, 4.69) is 4.90 Å². The first kappa shape index (κ1) is 11.6. The van der Waals surface area contributed by atoms with Gasteiger partial charge in [0.05, 0.1) is 0 Å². The Morgan fingerprint density at radius 1 is 1.31 bits per heavy atom. The summed E-state index contributed by atoms with van der Waals surface area (Å²) in [5, 5.41) is 0. The first-order chi connectivity index (χ1) is 7.65. The van der Waals surface area contributed by atoms with E-state index in [1.807, 2.05) is 13.0 Å². The van der Waals surface area contributed by atoms with Crippen LogP contribution in [-0.4, -0.2) is 18.0 Å². The molecule has 1 heterocycles. The molecule has 1 aromatic rings. The molecule has 2 nitrogen and oxygen atoms in total. The Morgan fingerprint density at radius 3 is 2.62 bits per heavy atom. The molecule has 0 bridgehead atoms. The molecule has 1 aliphatic heterocycles. The van der Waals surface area contributed by atoms with Gasteiger partial charge in [-0.15, -0.1) is 0 Å². The Labute approximate surface area is 96.2 Å². The SMILES string of the molecule is CC(N)c1cc(F)cc(CN2CCCC2)c1. The van der Waals surface area contributed by atoms with E-state index in [1.54, 1.807) is 6.07 Å². The number of benzene rings is 1. The fraction of sp³-hybridized carbons (Fsp3) is 0.538. The van der Waals surface area contributed by atoms with Gasteiger partial charge in [-0.3, -0.25) is 4.90 Å². The number of nitrogens with two attached hydrogens (primary N) is 1. The highest BCUT2D eigenvalue weighted by molar-refractivity contribution is 5.26. The third kappa shape index (κ3) is 2.80. The maximum atomic E-state index is 13.4. The van der Waals surface area contributed by atoms with Gasteiger partial charge >= 0.3 is 0 Å². The van der Waals surface area contributed by atoms with Gasteiger partial charge in [-0.1, -0.05) is 6.07 Å². The number of nitrogens with zero attached hydrogens (tertiary/aromatic N) is 1. The van der Waals surface area contributed by atoms with Crippen LogP contribution in [0.25, 0.3) is 0 Å². The molecule has 2 rings (SSSR count). The summed E-state index contributed by atoms with van der Waals surface area (Å²) in [6.45, 7) is 4.99. The van der Waals surface area contributed by atoms with Gasteiger partial charge < -0.3 is 5.73 Å². The zero-order chi connectivity index (χ0) is 11.5. The summed E-state index contributed by atoms with van der Waals surface area (Å²) in [5.41, 5.74) is 7.70. The number of hydrogen-bond acceptors (Lipinski definition) is 2. The maximum absolute atomic E-state index is 13.4. The second kappa shape index (κ2) is 4.93. The molecule has 0 saturated carbocycles. The molecule has 1 aromatic carbocycles. The Kier molecular flexibility index (Phi) is 3.56. The van der Waals surface area contributed by atoms with Crippen LogP contribution in [0.3, 0.4) is 0 Å². The van der Waals surface area contributed by atoms with Crippen molar-refractivity contribution in [3.8, 4) is 0 Å². The van der Waals surface area contributed by atoms with E-state index in [9.17, 15) is 4.39 Å². The minimum Gasteiger partial charge on any atom is -0.324 e. The van der Waals surface area contributed by atoms with Gasteiger partial charge in [-0.25, -0.2) is 4.39 Å². The molecule has 16 heavy (non-hydrogen) atoms. The highest BCUT2D eigenvalue weighted by Gasteiger charge is 2.13. The molecule has 1 aliphatic rings. The lowest BCUT2D eigenvalue weighted by Gasteiger charge is -2.16. The van der Waals surface area contributed by atoms with E-state index in [0.29, 0.717) is 0 Å². The quantitative estimate of drug-likeness (QED) is 0.851. The highest BCUT2D eigenvalue weighted by atomic mass is 19.1. The molecular formula is C13H19FN2.